The van der Waals surface area contributed by atoms with Crippen molar-refractivity contribution in [2.45, 2.75) is 44.6 Å². The highest BCUT2D eigenvalue weighted by Gasteiger charge is 2.49. The molecule has 2 aliphatic rings. The molecular formula is C16H23NO. The zero-order valence-electron chi connectivity index (χ0n) is 11.6. The number of nitrogens with zero attached hydrogens (tertiary/aromatic N) is 1. The zero-order chi connectivity index (χ0) is 12.9. The second-order valence-electron chi connectivity index (χ2n) is 6.14. The van der Waals surface area contributed by atoms with E-state index in [9.17, 15) is 5.11 Å². The Morgan fingerprint density at radius 3 is 2.94 bits per heavy atom. The first kappa shape index (κ1) is 12.0. The molecule has 1 N–H and O–H groups in total. The molecule has 0 spiro atoms. The number of hydrogen-bond acceptors (Lipinski definition) is 2. The van der Waals surface area contributed by atoms with Gasteiger partial charge in [-0.25, -0.2) is 0 Å². The molecular weight excluding hydrogens is 222 g/mol. The molecule has 2 bridgehead atoms. The molecule has 1 aromatic carbocycles. The largest absolute Gasteiger partial charge is 0.508 e. The number of piperidine rings is 1. The van der Waals surface area contributed by atoms with E-state index in [1.807, 2.05) is 12.1 Å². The monoisotopic (exact) mass is 245 g/mol. The summed E-state index contributed by atoms with van der Waals surface area (Å²) in [5.41, 5.74) is 3.15. The summed E-state index contributed by atoms with van der Waals surface area (Å²) in [4.78, 5) is 2.52. The lowest BCUT2D eigenvalue weighted by Crippen LogP contribution is -2.57. The maximum Gasteiger partial charge on any atom is 0.115 e. The summed E-state index contributed by atoms with van der Waals surface area (Å²) in [6.07, 6.45) is 3.53. The van der Waals surface area contributed by atoms with E-state index in [-0.39, 0.29) is 5.41 Å². The summed E-state index contributed by atoms with van der Waals surface area (Å²) in [5.74, 6) is 1.10. The van der Waals surface area contributed by atoms with E-state index in [0.717, 1.165) is 6.42 Å². The molecule has 1 fully saturated rings. The molecule has 0 saturated carbocycles. The van der Waals surface area contributed by atoms with Crippen molar-refractivity contribution in [3.63, 3.8) is 0 Å². The third kappa shape index (κ3) is 1.45. The van der Waals surface area contributed by atoms with Crippen molar-refractivity contribution < 1.29 is 5.11 Å². The number of phenols is 1. The third-order valence-corrected chi connectivity index (χ3v) is 5.62. The summed E-state index contributed by atoms with van der Waals surface area (Å²) >= 11 is 0. The van der Waals surface area contributed by atoms with Gasteiger partial charge in [-0.2, -0.15) is 0 Å². The van der Waals surface area contributed by atoms with Crippen LogP contribution in [0.25, 0.3) is 0 Å². The van der Waals surface area contributed by atoms with Crippen LogP contribution < -0.4 is 0 Å². The van der Waals surface area contributed by atoms with Gasteiger partial charge in [0, 0.05) is 11.5 Å². The second-order valence-corrected chi connectivity index (χ2v) is 6.14. The average Bonchev–Trinajstić information content (AvgIpc) is 2.36. The molecule has 3 atom stereocenters. The van der Waals surface area contributed by atoms with Crippen molar-refractivity contribution in [3.8, 4) is 5.75 Å². The van der Waals surface area contributed by atoms with Crippen LogP contribution in [0.1, 0.15) is 37.8 Å². The number of fused-ring (bicyclic) bond motifs is 4. The van der Waals surface area contributed by atoms with E-state index in [0.29, 0.717) is 17.7 Å². The molecule has 1 aliphatic carbocycles. The minimum atomic E-state index is 0.281. The van der Waals surface area contributed by atoms with Gasteiger partial charge in [0.1, 0.15) is 5.75 Å². The van der Waals surface area contributed by atoms with Crippen LogP contribution in [0.4, 0.5) is 0 Å². The minimum absolute atomic E-state index is 0.281. The Hall–Kier alpha value is -1.02. The highest BCUT2D eigenvalue weighted by molar-refractivity contribution is 5.44. The Balaban J connectivity index is 2.18. The van der Waals surface area contributed by atoms with Crippen LogP contribution >= 0.6 is 0 Å². The van der Waals surface area contributed by atoms with Crippen LogP contribution in [-0.2, 0) is 11.8 Å². The smallest absolute Gasteiger partial charge is 0.115 e. The lowest BCUT2D eigenvalue weighted by molar-refractivity contribution is 0.0385. The van der Waals surface area contributed by atoms with Gasteiger partial charge < -0.3 is 10.0 Å². The molecule has 0 aromatic heterocycles. The molecule has 1 aliphatic heterocycles. The number of likely N-dealkylation sites (N-methyl/N-ethyl adjacent to an activating group) is 1. The van der Waals surface area contributed by atoms with Gasteiger partial charge in [-0.15, -0.1) is 0 Å². The molecule has 18 heavy (non-hydrogen) atoms. The van der Waals surface area contributed by atoms with E-state index < -0.39 is 0 Å². The fraction of sp³-hybridized carbons (Fsp3) is 0.625. The Kier molecular flexibility index (Phi) is 2.67. The summed E-state index contributed by atoms with van der Waals surface area (Å²) in [7, 11) is 2.26. The lowest BCUT2D eigenvalue weighted by Gasteiger charge is -2.55. The van der Waals surface area contributed by atoms with Gasteiger partial charge in [-0.05, 0) is 62.0 Å². The van der Waals surface area contributed by atoms with Gasteiger partial charge in [0.15, 0.2) is 0 Å². The summed E-state index contributed by atoms with van der Waals surface area (Å²) in [5, 5.41) is 9.82. The average molecular weight is 245 g/mol. The predicted molar refractivity (Wildman–Crippen MR) is 74.0 cm³/mol. The first-order valence-electron chi connectivity index (χ1n) is 7.11. The van der Waals surface area contributed by atoms with Crippen LogP contribution in [0.2, 0.25) is 0 Å². The predicted octanol–water partition coefficient (Wildman–Crippen LogP) is 2.94. The fourth-order valence-electron chi connectivity index (χ4n) is 4.35. The first-order chi connectivity index (χ1) is 8.58. The van der Waals surface area contributed by atoms with Crippen molar-refractivity contribution in [3.05, 3.63) is 29.3 Å². The zero-order valence-corrected chi connectivity index (χ0v) is 11.6. The molecule has 1 aromatic rings. The number of aromatic hydroxyl groups is 1. The van der Waals surface area contributed by atoms with E-state index in [1.165, 1.54) is 30.5 Å². The number of rotatable bonds is 1. The van der Waals surface area contributed by atoms with Gasteiger partial charge in [-0.3, -0.25) is 0 Å². The van der Waals surface area contributed by atoms with Crippen LogP contribution in [0.15, 0.2) is 18.2 Å². The highest BCUT2D eigenvalue weighted by Crippen LogP contribution is 2.50. The fourth-order valence-corrected chi connectivity index (χ4v) is 4.35. The SMILES string of the molecule is CC[C@@]12CCN(C)[C@@H](Cc3ccc(O)cc31)C2C. The number of likely N-dealkylation sites (tertiary alicyclic amines) is 1. The lowest BCUT2D eigenvalue weighted by atomic mass is 9.57. The molecule has 3 rings (SSSR count). The van der Waals surface area contributed by atoms with Gasteiger partial charge in [-0.1, -0.05) is 19.9 Å². The topological polar surface area (TPSA) is 23.5 Å². The number of phenolic OH excluding ortho intramolecular Hbond substituents is 1. The van der Waals surface area contributed by atoms with E-state index in [1.54, 1.807) is 0 Å². The molecule has 0 amide bonds. The Morgan fingerprint density at radius 1 is 1.44 bits per heavy atom. The molecule has 98 valence electrons. The molecule has 2 nitrogen and oxygen atoms in total. The highest BCUT2D eigenvalue weighted by atomic mass is 16.3. The van der Waals surface area contributed by atoms with Gasteiger partial charge in [0.05, 0.1) is 0 Å². The van der Waals surface area contributed by atoms with E-state index >= 15 is 0 Å². The van der Waals surface area contributed by atoms with E-state index in [2.05, 4.69) is 31.9 Å². The van der Waals surface area contributed by atoms with Gasteiger partial charge in [0.25, 0.3) is 0 Å². The Labute approximate surface area is 110 Å². The van der Waals surface area contributed by atoms with Crippen LogP contribution in [-0.4, -0.2) is 29.6 Å². The Bertz CT molecular complexity index is 470. The van der Waals surface area contributed by atoms with E-state index in [4.69, 9.17) is 0 Å². The summed E-state index contributed by atoms with van der Waals surface area (Å²) < 4.78 is 0. The maximum atomic E-state index is 9.82. The quantitative estimate of drug-likeness (QED) is 0.822. The van der Waals surface area contributed by atoms with Crippen LogP contribution in [0.3, 0.4) is 0 Å². The maximum absolute atomic E-state index is 9.82. The van der Waals surface area contributed by atoms with Gasteiger partial charge in [0.2, 0.25) is 0 Å². The third-order valence-electron chi connectivity index (χ3n) is 5.62. The standard InChI is InChI=1S/C16H23NO/c1-4-16-7-8-17(3)15(11(16)2)9-12-5-6-13(18)10-14(12)16/h5-6,10-11,15,18H,4,7-9H2,1-3H3/t11?,15-,16-/m0/s1. The molecule has 1 saturated heterocycles. The molecule has 1 heterocycles. The molecule has 1 unspecified atom stereocenters. The Morgan fingerprint density at radius 2 is 2.22 bits per heavy atom. The van der Waals surface area contributed by atoms with Crippen molar-refractivity contribution in [2.24, 2.45) is 5.92 Å². The normalized spacial score (nSPS) is 35.3. The van der Waals surface area contributed by atoms with Crippen LogP contribution in [0.5, 0.6) is 5.75 Å². The summed E-state index contributed by atoms with van der Waals surface area (Å²) in [6, 6.07) is 6.66. The molecule has 2 heteroatoms. The second kappa shape index (κ2) is 3.99. The number of benzene rings is 1. The van der Waals surface area contributed by atoms with Crippen molar-refractivity contribution >= 4 is 0 Å². The van der Waals surface area contributed by atoms with Crippen LogP contribution in [0, 0.1) is 5.92 Å². The minimum Gasteiger partial charge on any atom is -0.508 e. The first-order valence-corrected chi connectivity index (χ1v) is 7.11. The number of hydrogen-bond donors (Lipinski definition) is 1. The van der Waals surface area contributed by atoms with Crippen molar-refractivity contribution in [2.75, 3.05) is 13.6 Å². The molecule has 0 radical (unpaired) electrons. The van der Waals surface area contributed by atoms with Crippen molar-refractivity contribution in [1.82, 2.24) is 4.90 Å². The van der Waals surface area contributed by atoms with Gasteiger partial charge >= 0.3 is 0 Å². The summed E-state index contributed by atoms with van der Waals surface area (Å²) in [6.45, 7) is 5.88. The van der Waals surface area contributed by atoms with Crippen molar-refractivity contribution in [1.29, 1.82) is 0 Å².